The zero-order valence-electron chi connectivity index (χ0n) is 9.20. The Balaban J connectivity index is 5.54. The molecule has 0 amide bonds. The predicted molar refractivity (Wildman–Crippen MR) is 43.1 cm³/mol. The fourth-order valence-corrected chi connectivity index (χ4v) is 0.940. The molecule has 3 nitrogen and oxygen atoms in total. The van der Waals surface area contributed by atoms with Crippen LogP contribution in [0.3, 0.4) is 0 Å². The van der Waals surface area contributed by atoms with Gasteiger partial charge in [-0.3, -0.25) is 4.74 Å². The molecule has 0 aromatic rings. The minimum atomic E-state index is -6.83. The van der Waals surface area contributed by atoms with Crippen molar-refractivity contribution in [3.8, 4) is 6.07 Å². The molecule has 12 heteroatoms. The molecule has 1 unspecified atom stereocenters. The van der Waals surface area contributed by atoms with Crippen LogP contribution in [0, 0.1) is 11.3 Å². The van der Waals surface area contributed by atoms with E-state index in [0.717, 1.165) is 0 Å². The maximum atomic E-state index is 12.8. The lowest BCUT2D eigenvalue weighted by Crippen LogP contribution is -2.63. The summed E-state index contributed by atoms with van der Waals surface area (Å²) < 4.78 is 117. The summed E-state index contributed by atoms with van der Waals surface area (Å²) in [7, 11) is 0. The lowest BCUT2D eigenvalue weighted by atomic mass is 10.0. The topological polar surface area (TPSA) is 53.2 Å². The quantitative estimate of drug-likeness (QED) is 0.734. The lowest BCUT2D eigenvalue weighted by molar-refractivity contribution is -0.438. The van der Waals surface area contributed by atoms with Gasteiger partial charge in [0.15, 0.2) is 0 Å². The van der Waals surface area contributed by atoms with Crippen LogP contribution < -0.4 is 0 Å². The minimum Gasteiger partial charge on any atom is -0.396 e. The monoisotopic (exact) mass is 319 g/mol. The first-order valence-electron chi connectivity index (χ1n) is 4.60. The van der Waals surface area contributed by atoms with E-state index >= 15 is 0 Å². The van der Waals surface area contributed by atoms with Crippen LogP contribution in [-0.2, 0) is 4.74 Å². The third kappa shape index (κ3) is 3.09. The molecule has 0 saturated heterocycles. The number of alkyl halides is 9. The maximum Gasteiger partial charge on any atom is 0.429 e. The molecule has 0 radical (unpaired) electrons. The van der Waals surface area contributed by atoms with Crippen molar-refractivity contribution in [2.24, 2.45) is 0 Å². The predicted octanol–water partition coefficient (Wildman–Crippen LogP) is 2.70. The van der Waals surface area contributed by atoms with Gasteiger partial charge in [-0.2, -0.15) is 44.8 Å². The molecule has 0 heterocycles. The van der Waals surface area contributed by atoms with Crippen LogP contribution in [-0.4, -0.2) is 41.9 Å². The second-order valence-electron chi connectivity index (χ2n) is 3.41. The maximum absolute atomic E-state index is 12.8. The number of aliphatic hydroxyl groups excluding tert-OH is 1. The highest BCUT2D eigenvalue weighted by molar-refractivity contribution is 5.01. The van der Waals surface area contributed by atoms with Crippen LogP contribution in [0.15, 0.2) is 0 Å². The van der Waals surface area contributed by atoms with Gasteiger partial charge in [0, 0.05) is 13.0 Å². The van der Waals surface area contributed by atoms with Gasteiger partial charge in [-0.1, -0.05) is 0 Å². The van der Waals surface area contributed by atoms with E-state index in [9.17, 15) is 39.5 Å². The third-order valence-corrected chi connectivity index (χ3v) is 2.00. The Morgan fingerprint density at radius 1 is 1.00 bits per heavy atom. The second-order valence-corrected chi connectivity index (χ2v) is 3.41. The van der Waals surface area contributed by atoms with Crippen molar-refractivity contribution in [1.82, 2.24) is 0 Å². The summed E-state index contributed by atoms with van der Waals surface area (Å²) in [5, 5.41) is 15.8. The second kappa shape index (κ2) is 5.65. The Morgan fingerprint density at radius 2 is 1.45 bits per heavy atom. The van der Waals surface area contributed by atoms with Crippen molar-refractivity contribution < 1.29 is 49.4 Å². The molecular weight excluding hydrogens is 313 g/mol. The summed E-state index contributed by atoms with van der Waals surface area (Å²) >= 11 is 0. The zero-order valence-corrected chi connectivity index (χ0v) is 9.20. The van der Waals surface area contributed by atoms with Crippen LogP contribution in [0.1, 0.15) is 6.42 Å². The number of nitrogens with zero attached hydrogens (tertiary/aromatic N) is 1. The van der Waals surface area contributed by atoms with Crippen molar-refractivity contribution in [1.29, 1.82) is 5.26 Å². The molecule has 118 valence electrons. The Hall–Kier alpha value is -1.22. The molecule has 0 aliphatic carbocycles. The van der Waals surface area contributed by atoms with Gasteiger partial charge in [-0.15, -0.1) is 0 Å². The van der Waals surface area contributed by atoms with E-state index in [1.54, 1.807) is 0 Å². The van der Waals surface area contributed by atoms with E-state index in [4.69, 9.17) is 10.4 Å². The van der Waals surface area contributed by atoms with Gasteiger partial charge in [-0.25, -0.2) is 0 Å². The molecule has 20 heavy (non-hydrogen) atoms. The number of rotatable bonds is 7. The van der Waals surface area contributed by atoms with E-state index < -0.39 is 43.3 Å². The molecule has 0 saturated carbocycles. The van der Waals surface area contributed by atoms with Crippen LogP contribution in [0.2, 0.25) is 0 Å². The number of halogens is 9. The van der Waals surface area contributed by atoms with Gasteiger partial charge in [0.1, 0.15) is 6.07 Å². The molecule has 0 bridgehead atoms. The highest BCUT2D eigenvalue weighted by Gasteiger charge is 2.81. The molecule has 0 rings (SSSR count). The van der Waals surface area contributed by atoms with Gasteiger partial charge in [0.05, 0.1) is 0 Å². The fourth-order valence-electron chi connectivity index (χ4n) is 0.940. The van der Waals surface area contributed by atoms with Crippen molar-refractivity contribution in [3.63, 3.8) is 0 Å². The Morgan fingerprint density at radius 3 is 1.80 bits per heavy atom. The summed E-state index contributed by atoms with van der Waals surface area (Å²) in [6, 6.07) is 0.234. The first kappa shape index (κ1) is 18.8. The van der Waals surface area contributed by atoms with Gasteiger partial charge in [0.25, 0.3) is 6.36 Å². The van der Waals surface area contributed by atoms with E-state index in [0.29, 0.717) is 0 Å². The molecule has 0 aliphatic heterocycles. The fraction of sp³-hybridized carbons (Fsp3) is 0.875. The zero-order chi connectivity index (χ0) is 16.4. The van der Waals surface area contributed by atoms with Crippen LogP contribution in [0.25, 0.3) is 0 Å². The Kier molecular flexibility index (Phi) is 5.30. The van der Waals surface area contributed by atoms with E-state index in [2.05, 4.69) is 4.74 Å². The Labute approximate surface area is 105 Å². The summed E-state index contributed by atoms with van der Waals surface area (Å²) in [5.74, 6) is -19.2. The summed E-state index contributed by atoms with van der Waals surface area (Å²) in [5.41, 5.74) is 0. The van der Waals surface area contributed by atoms with Crippen molar-refractivity contribution in [2.45, 2.75) is 36.7 Å². The average Bonchev–Trinajstić information content (AvgIpc) is 2.27. The van der Waals surface area contributed by atoms with Gasteiger partial charge >= 0.3 is 23.9 Å². The Bertz CT molecular complexity index is 379. The molecule has 0 fully saturated rings. The van der Waals surface area contributed by atoms with Gasteiger partial charge < -0.3 is 5.11 Å². The number of nitriles is 1. The molecule has 0 spiro atoms. The van der Waals surface area contributed by atoms with Gasteiger partial charge in [-0.05, 0) is 0 Å². The highest BCUT2D eigenvalue weighted by atomic mass is 19.4. The molecule has 1 atom stereocenters. The summed E-state index contributed by atoms with van der Waals surface area (Å²) in [6.45, 7) is -1.70. The van der Waals surface area contributed by atoms with Crippen LogP contribution >= 0.6 is 0 Å². The molecule has 1 N–H and O–H groups in total. The first-order valence-corrected chi connectivity index (χ1v) is 4.60. The van der Waals surface area contributed by atoms with E-state index in [1.165, 1.54) is 0 Å². The molecule has 0 aromatic heterocycles. The van der Waals surface area contributed by atoms with E-state index in [-0.39, 0.29) is 6.07 Å². The molecular formula is C8H6F9NO2. The van der Waals surface area contributed by atoms with Crippen molar-refractivity contribution in [3.05, 3.63) is 0 Å². The number of hydrogen-bond donors (Lipinski definition) is 1. The van der Waals surface area contributed by atoms with Crippen molar-refractivity contribution >= 4 is 0 Å². The minimum absolute atomic E-state index is 0.234. The summed E-state index contributed by atoms with van der Waals surface area (Å²) in [6.07, 6.45) is -12.4. The number of ether oxygens (including phenoxy) is 1. The molecule has 0 aliphatic rings. The van der Waals surface area contributed by atoms with Gasteiger partial charge in [0.2, 0.25) is 0 Å². The lowest BCUT2D eigenvalue weighted by Gasteiger charge is -2.35. The van der Waals surface area contributed by atoms with Crippen LogP contribution in [0.5, 0.6) is 0 Å². The normalized spacial score (nSPS) is 15.8. The van der Waals surface area contributed by atoms with Crippen LogP contribution in [0.4, 0.5) is 39.5 Å². The SMILES string of the molecule is N#CC(F)OC(F)(F)C(F)(F)C(F)(F)C(F)(F)CCO. The highest BCUT2D eigenvalue weighted by Crippen LogP contribution is 2.54. The number of aliphatic hydroxyl groups is 1. The van der Waals surface area contributed by atoms with E-state index in [1.807, 2.05) is 0 Å². The number of hydrogen-bond acceptors (Lipinski definition) is 3. The standard InChI is InChI=1S/C8H6F9NO2/c9-4(3-18)20-8(16,17)7(14,15)6(12,13)5(10,11)1-2-19/h4,19H,1-2H2. The average molecular weight is 319 g/mol. The van der Waals surface area contributed by atoms with Crippen molar-refractivity contribution in [2.75, 3.05) is 6.61 Å². The molecule has 0 aromatic carbocycles. The largest absolute Gasteiger partial charge is 0.429 e. The summed E-state index contributed by atoms with van der Waals surface area (Å²) in [4.78, 5) is 0. The third-order valence-electron chi connectivity index (χ3n) is 2.00. The smallest absolute Gasteiger partial charge is 0.396 e. The first-order chi connectivity index (χ1) is 8.77.